The number of hydrogen-bond acceptors (Lipinski definition) is 4. The molecule has 1 aromatic rings. The van der Waals surface area contributed by atoms with Gasteiger partial charge in [0.15, 0.2) is 0 Å². The largest absolute Gasteiger partial charge is 0.488 e. The number of carbonyl (C=O) groups excluding carboxylic acids is 1. The molecular formula is C16H21FN2O3. The maximum absolute atomic E-state index is 13.3. The summed E-state index contributed by atoms with van der Waals surface area (Å²) in [4.78, 5) is 15.4. The van der Waals surface area contributed by atoms with Crippen LogP contribution in [0.25, 0.3) is 0 Å². The normalized spacial score (nSPS) is 23.0. The molecule has 22 heavy (non-hydrogen) atoms. The number of piperazine rings is 1. The van der Waals surface area contributed by atoms with Gasteiger partial charge < -0.3 is 14.7 Å². The first-order valence-electron chi connectivity index (χ1n) is 7.66. The second-order valence-electron chi connectivity index (χ2n) is 5.93. The number of carbonyl (C=O) groups is 1. The first-order chi connectivity index (χ1) is 10.6. The van der Waals surface area contributed by atoms with Gasteiger partial charge in [0.1, 0.15) is 24.3 Å². The SMILES string of the molecule is CC(C1Cc2cc(F)ccc2O1)N1CCN(C(=O)CO)CC1. The van der Waals surface area contributed by atoms with Gasteiger partial charge in [-0.15, -0.1) is 0 Å². The van der Waals surface area contributed by atoms with Gasteiger partial charge in [-0.25, -0.2) is 4.39 Å². The highest BCUT2D eigenvalue weighted by atomic mass is 19.1. The number of aliphatic hydroxyl groups is 1. The van der Waals surface area contributed by atoms with Gasteiger partial charge in [0.05, 0.1) is 0 Å². The van der Waals surface area contributed by atoms with Crippen LogP contribution >= 0.6 is 0 Å². The lowest BCUT2D eigenvalue weighted by Gasteiger charge is -2.39. The van der Waals surface area contributed by atoms with Gasteiger partial charge in [-0.05, 0) is 25.1 Å². The molecule has 2 unspecified atom stereocenters. The highest BCUT2D eigenvalue weighted by molar-refractivity contribution is 5.77. The monoisotopic (exact) mass is 308 g/mol. The van der Waals surface area contributed by atoms with E-state index in [1.165, 1.54) is 6.07 Å². The van der Waals surface area contributed by atoms with E-state index in [2.05, 4.69) is 11.8 Å². The maximum atomic E-state index is 13.3. The van der Waals surface area contributed by atoms with E-state index in [4.69, 9.17) is 9.84 Å². The number of rotatable bonds is 3. The third-order valence-corrected chi connectivity index (χ3v) is 4.64. The maximum Gasteiger partial charge on any atom is 0.248 e. The Morgan fingerprint density at radius 1 is 1.41 bits per heavy atom. The predicted octanol–water partition coefficient (Wildman–Crippen LogP) is 0.654. The molecule has 0 aliphatic carbocycles. The average molecular weight is 308 g/mol. The van der Waals surface area contributed by atoms with Crippen molar-refractivity contribution in [3.05, 3.63) is 29.6 Å². The number of hydrogen-bond donors (Lipinski definition) is 1. The summed E-state index contributed by atoms with van der Waals surface area (Å²) in [5.41, 5.74) is 0.922. The Morgan fingerprint density at radius 3 is 2.82 bits per heavy atom. The van der Waals surface area contributed by atoms with Crippen molar-refractivity contribution in [1.82, 2.24) is 9.80 Å². The van der Waals surface area contributed by atoms with Crippen LogP contribution in [-0.4, -0.2) is 65.7 Å². The summed E-state index contributed by atoms with van der Waals surface area (Å²) in [6, 6.07) is 4.85. The lowest BCUT2D eigenvalue weighted by molar-refractivity contribution is -0.136. The van der Waals surface area contributed by atoms with Crippen molar-refractivity contribution in [3.8, 4) is 5.75 Å². The third kappa shape index (κ3) is 2.94. The van der Waals surface area contributed by atoms with E-state index in [9.17, 15) is 9.18 Å². The molecule has 6 heteroatoms. The summed E-state index contributed by atoms with van der Waals surface area (Å²) in [6.45, 7) is 4.45. The molecule has 3 rings (SSSR count). The van der Waals surface area contributed by atoms with Gasteiger partial charge in [-0.3, -0.25) is 9.69 Å². The molecule has 0 aromatic heterocycles. The van der Waals surface area contributed by atoms with Crippen molar-refractivity contribution in [2.45, 2.75) is 25.5 Å². The van der Waals surface area contributed by atoms with Crippen LogP contribution in [0.15, 0.2) is 18.2 Å². The molecule has 1 amide bonds. The van der Waals surface area contributed by atoms with E-state index in [1.54, 1.807) is 17.0 Å². The van der Waals surface area contributed by atoms with Crippen LogP contribution in [0.1, 0.15) is 12.5 Å². The fourth-order valence-corrected chi connectivity index (χ4v) is 3.23. The van der Waals surface area contributed by atoms with Gasteiger partial charge in [-0.1, -0.05) is 0 Å². The smallest absolute Gasteiger partial charge is 0.248 e. The van der Waals surface area contributed by atoms with Gasteiger partial charge >= 0.3 is 0 Å². The van der Waals surface area contributed by atoms with Crippen LogP contribution in [0, 0.1) is 5.82 Å². The predicted molar refractivity (Wildman–Crippen MR) is 79.2 cm³/mol. The Bertz CT molecular complexity index is 558. The minimum absolute atomic E-state index is 0.0110. The second-order valence-corrected chi connectivity index (χ2v) is 5.93. The summed E-state index contributed by atoms with van der Waals surface area (Å²) in [5.74, 6) is 0.325. The molecule has 120 valence electrons. The molecule has 1 N–H and O–H groups in total. The number of benzene rings is 1. The number of aliphatic hydroxyl groups excluding tert-OH is 1. The van der Waals surface area contributed by atoms with E-state index in [0.29, 0.717) is 19.5 Å². The Balaban J connectivity index is 1.58. The molecule has 5 nitrogen and oxygen atoms in total. The van der Waals surface area contributed by atoms with Crippen molar-refractivity contribution in [2.75, 3.05) is 32.8 Å². The van der Waals surface area contributed by atoms with E-state index in [0.717, 1.165) is 24.4 Å². The highest BCUT2D eigenvalue weighted by Crippen LogP contribution is 2.31. The molecule has 2 heterocycles. The lowest BCUT2D eigenvalue weighted by atomic mass is 10.0. The summed E-state index contributed by atoms with van der Waals surface area (Å²) >= 11 is 0. The van der Waals surface area contributed by atoms with Gasteiger partial charge in [-0.2, -0.15) is 0 Å². The first-order valence-corrected chi connectivity index (χ1v) is 7.66. The third-order valence-electron chi connectivity index (χ3n) is 4.64. The number of ether oxygens (including phenoxy) is 1. The lowest BCUT2D eigenvalue weighted by Crippen LogP contribution is -2.55. The highest BCUT2D eigenvalue weighted by Gasteiger charge is 2.33. The second kappa shape index (κ2) is 6.22. The zero-order valence-electron chi connectivity index (χ0n) is 12.7. The standard InChI is InChI=1S/C16H21FN2O3/c1-11(18-4-6-19(7-5-18)16(21)10-20)15-9-12-8-13(17)2-3-14(12)22-15/h2-3,8,11,15,20H,4-7,9-10H2,1H3. The Hall–Kier alpha value is -1.66. The molecule has 0 spiro atoms. The van der Waals surface area contributed by atoms with Crippen molar-refractivity contribution in [2.24, 2.45) is 0 Å². The first kappa shape index (κ1) is 15.2. The van der Waals surface area contributed by atoms with Crippen molar-refractivity contribution in [3.63, 3.8) is 0 Å². The van der Waals surface area contributed by atoms with Crippen molar-refractivity contribution in [1.29, 1.82) is 0 Å². The van der Waals surface area contributed by atoms with Crippen LogP contribution in [-0.2, 0) is 11.2 Å². The number of amides is 1. The molecule has 1 aromatic carbocycles. The molecule has 2 atom stereocenters. The Kier molecular flexibility index (Phi) is 4.31. The minimum atomic E-state index is -0.428. The molecule has 1 fully saturated rings. The van der Waals surface area contributed by atoms with Crippen LogP contribution in [0.3, 0.4) is 0 Å². The zero-order chi connectivity index (χ0) is 15.7. The topological polar surface area (TPSA) is 53.0 Å². The van der Waals surface area contributed by atoms with Crippen LogP contribution < -0.4 is 4.74 Å². The van der Waals surface area contributed by atoms with Gasteiger partial charge in [0.2, 0.25) is 5.91 Å². The van der Waals surface area contributed by atoms with E-state index >= 15 is 0 Å². The number of fused-ring (bicyclic) bond motifs is 1. The quantitative estimate of drug-likeness (QED) is 0.891. The van der Waals surface area contributed by atoms with E-state index < -0.39 is 6.61 Å². The Labute approximate surface area is 129 Å². The summed E-state index contributed by atoms with van der Waals surface area (Å²) in [6.07, 6.45) is 0.723. The van der Waals surface area contributed by atoms with E-state index in [1.807, 2.05) is 0 Å². The fourth-order valence-electron chi connectivity index (χ4n) is 3.23. The molecule has 0 saturated carbocycles. The van der Waals surface area contributed by atoms with Gasteiger partial charge in [0.25, 0.3) is 0 Å². The molecule has 0 radical (unpaired) electrons. The van der Waals surface area contributed by atoms with Crippen molar-refractivity contribution >= 4 is 5.91 Å². The van der Waals surface area contributed by atoms with Crippen LogP contribution in [0.5, 0.6) is 5.75 Å². The molecule has 1 saturated heterocycles. The molecule has 2 aliphatic heterocycles. The minimum Gasteiger partial charge on any atom is -0.488 e. The van der Waals surface area contributed by atoms with Crippen LogP contribution in [0.2, 0.25) is 0 Å². The molecule has 2 aliphatic rings. The number of nitrogens with zero attached hydrogens (tertiary/aromatic N) is 2. The summed E-state index contributed by atoms with van der Waals surface area (Å²) < 4.78 is 19.2. The summed E-state index contributed by atoms with van der Waals surface area (Å²) in [7, 11) is 0. The average Bonchev–Trinajstić information content (AvgIpc) is 2.96. The molecular weight excluding hydrogens is 287 g/mol. The Morgan fingerprint density at radius 2 is 2.14 bits per heavy atom. The summed E-state index contributed by atoms with van der Waals surface area (Å²) in [5, 5.41) is 8.90. The van der Waals surface area contributed by atoms with E-state index in [-0.39, 0.29) is 23.9 Å². The molecule has 0 bridgehead atoms. The fraction of sp³-hybridized carbons (Fsp3) is 0.562. The van der Waals surface area contributed by atoms with Crippen LogP contribution in [0.4, 0.5) is 4.39 Å². The number of halogens is 1. The van der Waals surface area contributed by atoms with Gasteiger partial charge in [0, 0.05) is 44.2 Å². The zero-order valence-corrected chi connectivity index (χ0v) is 12.7. The van der Waals surface area contributed by atoms with Crippen molar-refractivity contribution < 1.29 is 19.0 Å².